The summed E-state index contributed by atoms with van der Waals surface area (Å²) in [5, 5.41) is 13.4. The summed E-state index contributed by atoms with van der Waals surface area (Å²) < 4.78 is 7.29. The Morgan fingerprint density at radius 1 is 1.16 bits per heavy atom. The summed E-state index contributed by atoms with van der Waals surface area (Å²) in [7, 11) is 0. The summed E-state index contributed by atoms with van der Waals surface area (Å²) >= 11 is 5.95. The molecule has 1 aliphatic rings. The number of hydrogen-bond donors (Lipinski definition) is 0. The van der Waals surface area contributed by atoms with Crippen LogP contribution in [0, 0.1) is 6.92 Å². The molecule has 0 atom stereocenters. The van der Waals surface area contributed by atoms with Gasteiger partial charge in [0.05, 0.1) is 5.69 Å². The third-order valence-electron chi connectivity index (χ3n) is 4.83. The van der Waals surface area contributed by atoms with Crippen molar-refractivity contribution in [3.8, 4) is 11.3 Å². The van der Waals surface area contributed by atoms with E-state index in [-0.39, 0.29) is 0 Å². The van der Waals surface area contributed by atoms with Gasteiger partial charge in [0.25, 0.3) is 0 Å². The molecule has 0 amide bonds. The highest BCUT2D eigenvalue weighted by Crippen LogP contribution is 2.31. The number of benzene rings is 1. The van der Waals surface area contributed by atoms with E-state index in [1.54, 1.807) is 4.68 Å². The van der Waals surface area contributed by atoms with Crippen molar-refractivity contribution < 1.29 is 4.52 Å². The Hall–Kier alpha value is -2.21. The fourth-order valence-corrected chi connectivity index (χ4v) is 3.49. The van der Waals surface area contributed by atoms with Crippen LogP contribution in [-0.2, 0) is 6.54 Å². The maximum atomic E-state index is 5.95. The van der Waals surface area contributed by atoms with Crippen LogP contribution in [0.15, 0.2) is 28.8 Å². The van der Waals surface area contributed by atoms with E-state index >= 15 is 0 Å². The van der Waals surface area contributed by atoms with Crippen molar-refractivity contribution in [3.05, 3.63) is 46.7 Å². The second-order valence-electron chi connectivity index (χ2n) is 6.57. The Morgan fingerprint density at radius 3 is 2.68 bits per heavy atom. The topological polar surface area (TPSA) is 69.6 Å². The van der Waals surface area contributed by atoms with Gasteiger partial charge in [0, 0.05) is 16.5 Å². The van der Waals surface area contributed by atoms with E-state index < -0.39 is 0 Å². The molecule has 4 rings (SSSR count). The number of nitrogens with zero attached hydrogens (tertiary/aromatic N) is 5. The average Bonchev–Trinajstić information content (AvgIpc) is 3.25. The first-order valence-electron chi connectivity index (χ1n) is 8.69. The van der Waals surface area contributed by atoms with Crippen LogP contribution in [0.25, 0.3) is 11.3 Å². The number of aromatic nitrogens is 5. The van der Waals surface area contributed by atoms with Gasteiger partial charge in [0.2, 0.25) is 5.89 Å². The largest absolute Gasteiger partial charge is 0.339 e. The molecule has 0 bridgehead atoms. The highest BCUT2D eigenvalue weighted by Gasteiger charge is 2.22. The predicted octanol–water partition coefficient (Wildman–Crippen LogP) is 4.39. The molecular formula is C18H20ClN5O. The molecule has 2 heterocycles. The molecule has 2 aromatic heterocycles. The van der Waals surface area contributed by atoms with Crippen LogP contribution in [-0.4, -0.2) is 25.1 Å². The van der Waals surface area contributed by atoms with Gasteiger partial charge in [-0.3, -0.25) is 0 Å². The summed E-state index contributed by atoms with van der Waals surface area (Å²) in [4.78, 5) is 4.58. The molecule has 0 spiro atoms. The lowest BCUT2D eigenvalue weighted by molar-refractivity contribution is 0.311. The fourth-order valence-electron chi connectivity index (χ4n) is 3.37. The Balaban J connectivity index is 1.51. The number of halogens is 1. The second-order valence-corrected chi connectivity index (χ2v) is 7.01. The Bertz CT molecular complexity index is 849. The van der Waals surface area contributed by atoms with Crippen molar-refractivity contribution in [1.29, 1.82) is 0 Å². The van der Waals surface area contributed by atoms with E-state index in [0.29, 0.717) is 23.3 Å². The summed E-state index contributed by atoms with van der Waals surface area (Å²) in [6.45, 7) is 2.45. The molecule has 6 nitrogen and oxygen atoms in total. The molecule has 0 unspecified atom stereocenters. The van der Waals surface area contributed by atoms with Crippen LogP contribution < -0.4 is 0 Å². The lowest BCUT2D eigenvalue weighted by atomic mass is 9.89. The molecule has 1 fully saturated rings. The van der Waals surface area contributed by atoms with Gasteiger partial charge >= 0.3 is 0 Å². The summed E-state index contributed by atoms with van der Waals surface area (Å²) in [6, 6.07) is 7.59. The summed E-state index contributed by atoms with van der Waals surface area (Å²) in [6.07, 6.45) is 6.09. The van der Waals surface area contributed by atoms with Crippen molar-refractivity contribution >= 4 is 11.6 Å². The smallest absolute Gasteiger partial charge is 0.229 e. The van der Waals surface area contributed by atoms with Gasteiger partial charge in [-0.15, -0.1) is 5.10 Å². The molecule has 7 heteroatoms. The van der Waals surface area contributed by atoms with Crippen LogP contribution in [0.3, 0.4) is 0 Å². The molecule has 3 aromatic rings. The molecule has 0 N–H and O–H groups in total. The third-order valence-corrected chi connectivity index (χ3v) is 5.08. The lowest BCUT2D eigenvalue weighted by Crippen LogP contribution is -2.07. The van der Waals surface area contributed by atoms with Gasteiger partial charge in [0.15, 0.2) is 5.82 Å². The number of rotatable bonds is 4. The Morgan fingerprint density at radius 2 is 1.92 bits per heavy atom. The van der Waals surface area contributed by atoms with Crippen LogP contribution in [0.5, 0.6) is 0 Å². The highest BCUT2D eigenvalue weighted by atomic mass is 35.5. The predicted molar refractivity (Wildman–Crippen MR) is 94.4 cm³/mol. The maximum Gasteiger partial charge on any atom is 0.229 e. The monoisotopic (exact) mass is 357 g/mol. The van der Waals surface area contributed by atoms with Crippen molar-refractivity contribution in [1.82, 2.24) is 25.1 Å². The zero-order valence-corrected chi connectivity index (χ0v) is 14.9. The average molecular weight is 358 g/mol. The molecular weight excluding hydrogens is 338 g/mol. The summed E-state index contributed by atoms with van der Waals surface area (Å²) in [5.74, 6) is 1.83. The van der Waals surface area contributed by atoms with Gasteiger partial charge in [-0.2, -0.15) is 4.98 Å². The third kappa shape index (κ3) is 3.44. The first-order valence-corrected chi connectivity index (χ1v) is 9.07. The quantitative estimate of drug-likeness (QED) is 0.692. The van der Waals surface area contributed by atoms with Gasteiger partial charge < -0.3 is 4.52 Å². The van der Waals surface area contributed by atoms with Crippen molar-refractivity contribution in [2.24, 2.45) is 0 Å². The molecule has 1 aliphatic carbocycles. The van der Waals surface area contributed by atoms with Crippen LogP contribution >= 0.6 is 11.6 Å². The van der Waals surface area contributed by atoms with E-state index in [1.807, 2.05) is 31.2 Å². The van der Waals surface area contributed by atoms with Crippen LogP contribution in [0.1, 0.15) is 55.4 Å². The molecule has 0 radical (unpaired) electrons. The van der Waals surface area contributed by atoms with Crippen molar-refractivity contribution in [2.45, 2.75) is 51.5 Å². The molecule has 1 saturated carbocycles. The Kier molecular flexibility index (Phi) is 4.53. The van der Waals surface area contributed by atoms with Gasteiger partial charge in [0.1, 0.15) is 12.2 Å². The van der Waals surface area contributed by atoms with E-state index in [1.165, 1.54) is 19.3 Å². The minimum Gasteiger partial charge on any atom is -0.339 e. The van der Waals surface area contributed by atoms with Crippen molar-refractivity contribution in [3.63, 3.8) is 0 Å². The second kappa shape index (κ2) is 6.96. The number of hydrogen-bond acceptors (Lipinski definition) is 5. The fraction of sp³-hybridized carbons (Fsp3) is 0.444. The molecule has 1 aromatic carbocycles. The van der Waals surface area contributed by atoms with Crippen LogP contribution in [0.2, 0.25) is 5.02 Å². The SMILES string of the molecule is Cc1c(-c2ccc(Cl)cc2)nnn1Cc1noc(C2CCCCC2)n1. The van der Waals surface area contributed by atoms with E-state index in [9.17, 15) is 0 Å². The van der Waals surface area contributed by atoms with Crippen molar-refractivity contribution in [2.75, 3.05) is 0 Å². The minimum absolute atomic E-state index is 0.413. The zero-order chi connectivity index (χ0) is 17.2. The molecule has 0 aliphatic heterocycles. The standard InChI is InChI=1S/C18H20ClN5O/c1-12-17(13-7-9-15(19)10-8-13)21-23-24(12)11-16-20-18(25-22-16)14-5-3-2-4-6-14/h7-10,14H,2-6,11H2,1H3. The van der Waals surface area contributed by atoms with Gasteiger partial charge in [-0.05, 0) is 31.9 Å². The first kappa shape index (κ1) is 16.3. The zero-order valence-electron chi connectivity index (χ0n) is 14.2. The maximum absolute atomic E-state index is 5.95. The van der Waals surface area contributed by atoms with Gasteiger partial charge in [-0.1, -0.05) is 53.4 Å². The summed E-state index contributed by atoms with van der Waals surface area (Å²) in [5.41, 5.74) is 2.79. The van der Waals surface area contributed by atoms with E-state index in [0.717, 1.165) is 35.7 Å². The van der Waals surface area contributed by atoms with Gasteiger partial charge in [-0.25, -0.2) is 4.68 Å². The minimum atomic E-state index is 0.413. The molecule has 25 heavy (non-hydrogen) atoms. The highest BCUT2D eigenvalue weighted by molar-refractivity contribution is 6.30. The van der Waals surface area contributed by atoms with E-state index in [2.05, 4.69) is 20.5 Å². The van der Waals surface area contributed by atoms with E-state index in [4.69, 9.17) is 16.1 Å². The Labute approximate surface area is 151 Å². The normalized spacial score (nSPS) is 15.6. The van der Waals surface area contributed by atoms with Crippen LogP contribution in [0.4, 0.5) is 0 Å². The first-order chi connectivity index (χ1) is 12.2. The molecule has 0 saturated heterocycles. The molecule has 130 valence electrons. The lowest BCUT2D eigenvalue weighted by Gasteiger charge is -2.17.